The first-order chi connectivity index (χ1) is 9.04. The summed E-state index contributed by atoms with van der Waals surface area (Å²) in [7, 11) is 1.79. The molecule has 4 heteroatoms. The third kappa shape index (κ3) is 1.49. The van der Waals surface area contributed by atoms with Gasteiger partial charge in [-0.1, -0.05) is 24.6 Å². The van der Waals surface area contributed by atoms with E-state index in [4.69, 9.17) is 0 Å². The topological polar surface area (TPSA) is 52.0 Å². The van der Waals surface area contributed by atoms with Crippen molar-refractivity contribution in [3.63, 3.8) is 0 Å². The van der Waals surface area contributed by atoms with Crippen LogP contribution in [0.15, 0.2) is 18.2 Å². The van der Waals surface area contributed by atoms with Crippen molar-refractivity contribution in [2.45, 2.75) is 20.3 Å². The number of aromatic nitrogens is 2. The van der Waals surface area contributed by atoms with E-state index in [0.717, 1.165) is 23.4 Å². The molecule has 0 radical (unpaired) electrons. The zero-order valence-corrected chi connectivity index (χ0v) is 11.2. The molecule has 0 atom stereocenters. The van der Waals surface area contributed by atoms with E-state index in [-0.39, 0.29) is 0 Å². The van der Waals surface area contributed by atoms with E-state index >= 15 is 0 Å². The Balaban J connectivity index is 2.38. The minimum absolute atomic E-state index is 0.415. The fourth-order valence-electron chi connectivity index (χ4n) is 2.59. The molecular formula is C15H14N2O2. The SMILES string of the molecule is CCc1nc2c(n1C)C(=O)C(=O)c1cc(C)ccc1-2. The van der Waals surface area contributed by atoms with E-state index < -0.39 is 11.6 Å². The Bertz CT molecular complexity index is 726. The van der Waals surface area contributed by atoms with E-state index in [1.54, 1.807) is 17.7 Å². The molecule has 2 aromatic rings. The van der Waals surface area contributed by atoms with Gasteiger partial charge in [0, 0.05) is 24.6 Å². The monoisotopic (exact) mass is 254 g/mol. The van der Waals surface area contributed by atoms with Gasteiger partial charge in [0.2, 0.25) is 5.78 Å². The Labute approximate surface area is 111 Å². The maximum Gasteiger partial charge on any atom is 0.252 e. The van der Waals surface area contributed by atoms with Gasteiger partial charge in [0.15, 0.2) is 0 Å². The second-order valence-electron chi connectivity index (χ2n) is 4.85. The molecule has 0 amide bonds. The van der Waals surface area contributed by atoms with Gasteiger partial charge in [0.05, 0.1) is 0 Å². The van der Waals surface area contributed by atoms with Crippen molar-refractivity contribution in [1.29, 1.82) is 0 Å². The van der Waals surface area contributed by atoms with Crippen LogP contribution in [0.2, 0.25) is 0 Å². The zero-order chi connectivity index (χ0) is 13.7. The summed E-state index contributed by atoms with van der Waals surface area (Å²) in [5.41, 5.74) is 3.26. The lowest BCUT2D eigenvalue weighted by atomic mass is 9.89. The van der Waals surface area contributed by atoms with Gasteiger partial charge < -0.3 is 4.57 Å². The fraction of sp³-hybridized carbons (Fsp3) is 0.267. The number of Topliss-reactive ketones (excluding diaryl/α,β-unsaturated/α-hetero) is 2. The standard InChI is InChI=1S/C15H14N2O2/c1-4-11-16-12-9-6-5-8(2)7-10(9)14(18)15(19)13(12)17(11)3/h5-7H,4H2,1-3H3. The molecule has 3 rings (SSSR count). The van der Waals surface area contributed by atoms with Crippen LogP contribution in [-0.4, -0.2) is 21.1 Å². The Morgan fingerprint density at radius 3 is 2.58 bits per heavy atom. The smallest absolute Gasteiger partial charge is 0.252 e. The lowest BCUT2D eigenvalue weighted by Gasteiger charge is -2.14. The summed E-state index contributed by atoms with van der Waals surface area (Å²) in [5, 5.41) is 0. The van der Waals surface area contributed by atoms with Gasteiger partial charge in [-0.05, 0) is 13.0 Å². The first-order valence-electron chi connectivity index (χ1n) is 6.30. The highest BCUT2D eigenvalue weighted by Crippen LogP contribution is 2.33. The van der Waals surface area contributed by atoms with Gasteiger partial charge in [-0.25, -0.2) is 4.98 Å². The zero-order valence-electron chi connectivity index (χ0n) is 11.2. The number of fused-ring (bicyclic) bond motifs is 3. The molecule has 1 aromatic heterocycles. The van der Waals surface area contributed by atoms with Crippen LogP contribution >= 0.6 is 0 Å². The van der Waals surface area contributed by atoms with Crippen LogP contribution in [0.3, 0.4) is 0 Å². The summed E-state index contributed by atoms with van der Waals surface area (Å²) < 4.78 is 1.73. The normalized spacial score (nSPS) is 13.4. The van der Waals surface area contributed by atoms with E-state index in [2.05, 4.69) is 4.98 Å². The lowest BCUT2D eigenvalue weighted by Crippen LogP contribution is -2.23. The molecule has 0 unspecified atom stereocenters. The first kappa shape index (κ1) is 11.8. The molecule has 1 aliphatic rings. The van der Waals surface area contributed by atoms with Crippen LogP contribution in [0.25, 0.3) is 11.3 Å². The van der Waals surface area contributed by atoms with E-state index in [9.17, 15) is 9.59 Å². The number of hydrogen-bond donors (Lipinski definition) is 0. The number of imidazole rings is 1. The van der Waals surface area contributed by atoms with Gasteiger partial charge in [-0.3, -0.25) is 9.59 Å². The summed E-state index contributed by atoms with van der Waals surface area (Å²) in [6.45, 7) is 3.89. The molecule has 0 aliphatic heterocycles. The van der Waals surface area contributed by atoms with Crippen LogP contribution in [0.1, 0.15) is 39.2 Å². The van der Waals surface area contributed by atoms with Crippen molar-refractivity contribution in [3.05, 3.63) is 40.8 Å². The second-order valence-corrected chi connectivity index (χ2v) is 4.85. The predicted molar refractivity (Wildman–Crippen MR) is 71.4 cm³/mol. The number of carbonyl (C=O) groups is 2. The van der Waals surface area contributed by atoms with Gasteiger partial charge in [0.1, 0.15) is 17.2 Å². The molecule has 0 saturated carbocycles. The molecule has 1 aliphatic carbocycles. The molecule has 19 heavy (non-hydrogen) atoms. The van der Waals surface area contributed by atoms with Crippen LogP contribution in [0, 0.1) is 6.92 Å². The van der Waals surface area contributed by atoms with Crippen LogP contribution in [0.5, 0.6) is 0 Å². The van der Waals surface area contributed by atoms with Crippen molar-refractivity contribution in [3.8, 4) is 11.3 Å². The number of aryl methyl sites for hydroxylation is 2. The molecule has 0 spiro atoms. The molecule has 1 aromatic carbocycles. The van der Waals surface area contributed by atoms with Crippen molar-refractivity contribution >= 4 is 11.6 Å². The molecule has 0 N–H and O–H groups in total. The van der Waals surface area contributed by atoms with Crippen molar-refractivity contribution in [2.75, 3.05) is 0 Å². The van der Waals surface area contributed by atoms with Gasteiger partial charge >= 0.3 is 0 Å². The molecule has 0 fully saturated rings. The average molecular weight is 254 g/mol. The Morgan fingerprint density at radius 1 is 1.16 bits per heavy atom. The van der Waals surface area contributed by atoms with Crippen LogP contribution in [-0.2, 0) is 13.5 Å². The summed E-state index contributed by atoms with van der Waals surface area (Å²) in [6, 6.07) is 5.57. The maximum absolute atomic E-state index is 12.2. The minimum atomic E-state index is -0.456. The van der Waals surface area contributed by atoms with Crippen molar-refractivity contribution in [1.82, 2.24) is 9.55 Å². The molecule has 0 bridgehead atoms. The van der Waals surface area contributed by atoms with Crippen LogP contribution < -0.4 is 0 Å². The molecule has 1 heterocycles. The number of hydrogen-bond acceptors (Lipinski definition) is 3. The van der Waals surface area contributed by atoms with Gasteiger partial charge in [-0.2, -0.15) is 0 Å². The summed E-state index contributed by atoms with van der Waals surface area (Å²) in [5.74, 6) is -0.0702. The number of ketones is 2. The third-order valence-corrected chi connectivity index (χ3v) is 3.60. The molecule has 96 valence electrons. The predicted octanol–water partition coefficient (Wildman–Crippen LogP) is 2.34. The highest BCUT2D eigenvalue weighted by Gasteiger charge is 2.34. The maximum atomic E-state index is 12.2. The Kier molecular flexibility index (Phi) is 2.42. The van der Waals surface area contributed by atoms with E-state index in [1.165, 1.54) is 0 Å². The highest BCUT2D eigenvalue weighted by atomic mass is 16.2. The fourth-order valence-corrected chi connectivity index (χ4v) is 2.59. The highest BCUT2D eigenvalue weighted by molar-refractivity contribution is 6.52. The minimum Gasteiger partial charge on any atom is -0.328 e. The summed E-state index contributed by atoms with van der Waals surface area (Å²) in [4.78, 5) is 28.9. The third-order valence-electron chi connectivity index (χ3n) is 3.60. The summed E-state index contributed by atoms with van der Waals surface area (Å²) in [6.07, 6.45) is 0.728. The molecular weight excluding hydrogens is 240 g/mol. The Hall–Kier alpha value is -2.23. The number of benzene rings is 1. The first-order valence-corrected chi connectivity index (χ1v) is 6.30. The van der Waals surface area contributed by atoms with Gasteiger partial charge in [-0.15, -0.1) is 0 Å². The number of rotatable bonds is 1. The van der Waals surface area contributed by atoms with E-state index in [1.807, 2.05) is 26.0 Å². The lowest BCUT2D eigenvalue weighted by molar-refractivity contribution is 0.0810. The Morgan fingerprint density at radius 2 is 1.89 bits per heavy atom. The second kappa shape index (κ2) is 3.88. The number of carbonyl (C=O) groups excluding carboxylic acids is 2. The van der Waals surface area contributed by atoms with Crippen molar-refractivity contribution in [2.24, 2.45) is 7.05 Å². The number of nitrogens with zero attached hydrogens (tertiary/aromatic N) is 2. The van der Waals surface area contributed by atoms with Crippen molar-refractivity contribution < 1.29 is 9.59 Å². The van der Waals surface area contributed by atoms with Crippen LogP contribution in [0.4, 0.5) is 0 Å². The molecule has 4 nitrogen and oxygen atoms in total. The quantitative estimate of drug-likeness (QED) is 0.734. The summed E-state index contributed by atoms with van der Waals surface area (Å²) >= 11 is 0. The average Bonchev–Trinajstić information content (AvgIpc) is 2.73. The van der Waals surface area contributed by atoms with E-state index in [0.29, 0.717) is 17.0 Å². The van der Waals surface area contributed by atoms with Gasteiger partial charge in [0.25, 0.3) is 5.78 Å². The largest absolute Gasteiger partial charge is 0.328 e. The molecule has 0 saturated heterocycles.